The van der Waals surface area contributed by atoms with E-state index in [0.717, 1.165) is 36.9 Å². The van der Waals surface area contributed by atoms with Gasteiger partial charge in [-0.25, -0.2) is 9.67 Å². The minimum absolute atomic E-state index is 0.0360. The van der Waals surface area contributed by atoms with Gasteiger partial charge in [0.1, 0.15) is 5.03 Å². The maximum absolute atomic E-state index is 12.6. The van der Waals surface area contributed by atoms with Crippen molar-refractivity contribution in [2.45, 2.75) is 41.8 Å². The SMILES string of the molecule is FC(F)(F)c1cnc(Sc2nnnn2C[C@H]2CCCO2)c(Cl)c1. The van der Waals surface area contributed by atoms with Crippen LogP contribution in [0.25, 0.3) is 0 Å². The van der Waals surface area contributed by atoms with Gasteiger partial charge < -0.3 is 4.74 Å². The highest BCUT2D eigenvalue weighted by Gasteiger charge is 2.32. The maximum Gasteiger partial charge on any atom is 0.417 e. The maximum atomic E-state index is 12.6. The molecule has 3 rings (SSSR count). The molecule has 2 aromatic heterocycles. The average molecular weight is 366 g/mol. The number of alkyl halides is 3. The summed E-state index contributed by atoms with van der Waals surface area (Å²) in [5.74, 6) is 0. The summed E-state index contributed by atoms with van der Waals surface area (Å²) in [7, 11) is 0. The first-order valence-electron chi connectivity index (χ1n) is 6.72. The van der Waals surface area contributed by atoms with Crippen molar-refractivity contribution in [1.82, 2.24) is 25.2 Å². The summed E-state index contributed by atoms with van der Waals surface area (Å²) in [5.41, 5.74) is -0.897. The van der Waals surface area contributed by atoms with Crippen molar-refractivity contribution < 1.29 is 17.9 Å². The van der Waals surface area contributed by atoms with Crippen molar-refractivity contribution in [2.24, 2.45) is 0 Å². The summed E-state index contributed by atoms with van der Waals surface area (Å²) in [6.07, 6.45) is -1.80. The second kappa shape index (κ2) is 6.62. The van der Waals surface area contributed by atoms with Crippen LogP contribution >= 0.6 is 23.4 Å². The van der Waals surface area contributed by atoms with Crippen LogP contribution in [0.3, 0.4) is 0 Å². The summed E-state index contributed by atoms with van der Waals surface area (Å²) in [6.45, 7) is 1.19. The second-order valence-corrected chi connectivity index (χ2v) is 6.25. The van der Waals surface area contributed by atoms with Gasteiger partial charge in [0.15, 0.2) is 0 Å². The van der Waals surface area contributed by atoms with Gasteiger partial charge in [-0.05, 0) is 41.1 Å². The van der Waals surface area contributed by atoms with E-state index in [0.29, 0.717) is 18.3 Å². The van der Waals surface area contributed by atoms with Crippen LogP contribution in [0.4, 0.5) is 13.2 Å². The quantitative estimate of drug-likeness (QED) is 0.829. The molecule has 1 fully saturated rings. The lowest BCUT2D eigenvalue weighted by atomic mass is 10.2. The molecule has 11 heteroatoms. The molecule has 0 aliphatic carbocycles. The van der Waals surface area contributed by atoms with Gasteiger partial charge in [0, 0.05) is 12.8 Å². The first-order chi connectivity index (χ1) is 10.9. The Kier molecular flexibility index (Phi) is 4.74. The van der Waals surface area contributed by atoms with Crippen LogP contribution in [0.15, 0.2) is 22.4 Å². The van der Waals surface area contributed by atoms with E-state index in [1.807, 2.05) is 0 Å². The smallest absolute Gasteiger partial charge is 0.376 e. The third kappa shape index (κ3) is 3.93. The standard InChI is InChI=1S/C12H11ClF3N5OS/c13-9-4-7(12(14,15)16)5-17-10(9)23-11-18-19-20-21(11)6-8-2-1-3-22-8/h4-5,8H,1-3,6H2/t8-/m1/s1. The molecule has 6 nitrogen and oxygen atoms in total. The first kappa shape index (κ1) is 16.5. The lowest BCUT2D eigenvalue weighted by Crippen LogP contribution is -2.16. The molecule has 0 N–H and O–H groups in total. The number of aromatic nitrogens is 5. The molecule has 0 amide bonds. The number of hydrogen-bond acceptors (Lipinski definition) is 6. The van der Waals surface area contributed by atoms with E-state index in [1.54, 1.807) is 0 Å². The highest BCUT2D eigenvalue weighted by atomic mass is 35.5. The molecule has 0 unspecified atom stereocenters. The molecule has 23 heavy (non-hydrogen) atoms. The van der Waals surface area contributed by atoms with Crippen molar-refractivity contribution in [2.75, 3.05) is 6.61 Å². The fraction of sp³-hybridized carbons (Fsp3) is 0.500. The van der Waals surface area contributed by atoms with Crippen molar-refractivity contribution >= 4 is 23.4 Å². The monoisotopic (exact) mass is 365 g/mol. The van der Waals surface area contributed by atoms with Crippen LogP contribution in [0.1, 0.15) is 18.4 Å². The summed E-state index contributed by atoms with van der Waals surface area (Å²) >= 11 is 6.90. The van der Waals surface area contributed by atoms with Crippen molar-refractivity contribution in [3.8, 4) is 0 Å². The van der Waals surface area contributed by atoms with Gasteiger partial charge in [-0.2, -0.15) is 13.2 Å². The van der Waals surface area contributed by atoms with E-state index < -0.39 is 11.7 Å². The third-order valence-electron chi connectivity index (χ3n) is 3.22. The third-order valence-corrected chi connectivity index (χ3v) is 4.62. The Hall–Kier alpha value is -1.39. The molecule has 0 bridgehead atoms. The van der Waals surface area contributed by atoms with Crippen LogP contribution in [0, 0.1) is 0 Å². The van der Waals surface area contributed by atoms with Crippen LogP contribution in [-0.4, -0.2) is 37.9 Å². The minimum atomic E-state index is -4.48. The molecule has 1 aliphatic heterocycles. The minimum Gasteiger partial charge on any atom is -0.376 e. The molecule has 0 saturated carbocycles. The number of rotatable bonds is 4. The number of tetrazole rings is 1. The van der Waals surface area contributed by atoms with Crippen molar-refractivity contribution in [3.63, 3.8) is 0 Å². The summed E-state index contributed by atoms with van der Waals surface area (Å²) in [5, 5.41) is 11.8. The van der Waals surface area contributed by atoms with E-state index in [-0.39, 0.29) is 16.2 Å². The summed E-state index contributed by atoms with van der Waals surface area (Å²) in [6, 6.07) is 0.838. The molecule has 124 valence electrons. The van der Waals surface area contributed by atoms with Crippen LogP contribution in [0.5, 0.6) is 0 Å². The van der Waals surface area contributed by atoms with Gasteiger partial charge in [0.05, 0.1) is 23.2 Å². The highest BCUT2D eigenvalue weighted by Crippen LogP contribution is 2.35. The van der Waals surface area contributed by atoms with Crippen LogP contribution < -0.4 is 0 Å². The zero-order valence-electron chi connectivity index (χ0n) is 11.6. The largest absolute Gasteiger partial charge is 0.417 e. The van der Waals surface area contributed by atoms with Gasteiger partial charge >= 0.3 is 6.18 Å². The molecule has 0 aromatic carbocycles. The topological polar surface area (TPSA) is 65.7 Å². The first-order valence-corrected chi connectivity index (χ1v) is 7.91. The second-order valence-electron chi connectivity index (χ2n) is 4.89. The fourth-order valence-corrected chi connectivity index (χ4v) is 3.12. The Bertz CT molecular complexity index is 690. The van der Waals surface area contributed by atoms with E-state index in [2.05, 4.69) is 20.5 Å². The Morgan fingerprint density at radius 1 is 1.43 bits per heavy atom. The molecule has 0 radical (unpaired) electrons. The molecule has 1 atom stereocenters. The molecule has 1 aliphatic rings. The lowest BCUT2D eigenvalue weighted by Gasteiger charge is -2.11. The van der Waals surface area contributed by atoms with E-state index in [9.17, 15) is 13.2 Å². The molecule has 2 aromatic rings. The normalized spacial score (nSPS) is 18.5. The lowest BCUT2D eigenvalue weighted by molar-refractivity contribution is -0.137. The van der Waals surface area contributed by atoms with E-state index in [4.69, 9.17) is 16.3 Å². The number of nitrogens with zero attached hydrogens (tertiary/aromatic N) is 5. The molecule has 1 saturated heterocycles. The Morgan fingerprint density at radius 2 is 2.26 bits per heavy atom. The molecular weight excluding hydrogens is 355 g/mol. The van der Waals surface area contributed by atoms with Crippen LogP contribution in [-0.2, 0) is 17.5 Å². The number of halogens is 4. The molecular formula is C12H11ClF3N5OS. The van der Waals surface area contributed by atoms with Gasteiger partial charge in [0.25, 0.3) is 0 Å². The zero-order valence-corrected chi connectivity index (χ0v) is 13.2. The molecule has 3 heterocycles. The van der Waals surface area contributed by atoms with Gasteiger partial charge in [-0.3, -0.25) is 0 Å². The number of hydrogen-bond donors (Lipinski definition) is 0. The summed E-state index contributed by atoms with van der Waals surface area (Å²) in [4.78, 5) is 3.76. The van der Waals surface area contributed by atoms with Crippen molar-refractivity contribution in [3.05, 3.63) is 22.8 Å². The molecule has 0 spiro atoms. The Labute approximate surface area is 138 Å². The number of ether oxygens (including phenoxy) is 1. The predicted molar refractivity (Wildman–Crippen MR) is 75.2 cm³/mol. The summed E-state index contributed by atoms with van der Waals surface area (Å²) < 4.78 is 44.9. The average Bonchev–Trinajstić information content (AvgIpc) is 3.13. The Balaban J connectivity index is 1.76. The van der Waals surface area contributed by atoms with E-state index in [1.165, 1.54) is 4.68 Å². The Morgan fingerprint density at radius 3 is 2.91 bits per heavy atom. The predicted octanol–water partition coefficient (Wildman–Crippen LogP) is 3.07. The van der Waals surface area contributed by atoms with Gasteiger partial charge in [-0.1, -0.05) is 11.6 Å². The highest BCUT2D eigenvalue weighted by molar-refractivity contribution is 7.99. The van der Waals surface area contributed by atoms with Gasteiger partial charge in [0.2, 0.25) is 5.16 Å². The van der Waals surface area contributed by atoms with E-state index >= 15 is 0 Å². The fourth-order valence-electron chi connectivity index (χ4n) is 2.11. The number of pyridine rings is 1. The van der Waals surface area contributed by atoms with Crippen LogP contribution in [0.2, 0.25) is 5.02 Å². The van der Waals surface area contributed by atoms with Crippen molar-refractivity contribution in [1.29, 1.82) is 0 Å². The zero-order chi connectivity index (χ0) is 16.4. The van der Waals surface area contributed by atoms with Gasteiger partial charge in [-0.15, -0.1) is 5.10 Å².